The van der Waals surface area contributed by atoms with E-state index in [2.05, 4.69) is 21.2 Å². The predicted molar refractivity (Wildman–Crippen MR) is 107 cm³/mol. The van der Waals surface area contributed by atoms with Gasteiger partial charge in [-0.05, 0) is 48.9 Å². The molecule has 5 nitrogen and oxygen atoms in total. The van der Waals surface area contributed by atoms with E-state index >= 15 is 0 Å². The minimum Gasteiger partial charge on any atom is -0.496 e. The molecule has 26 heavy (non-hydrogen) atoms. The number of benzene rings is 2. The fourth-order valence-electron chi connectivity index (χ4n) is 2.44. The van der Waals surface area contributed by atoms with Crippen LogP contribution >= 0.6 is 27.5 Å². The van der Waals surface area contributed by atoms with Crippen molar-refractivity contribution in [3.8, 4) is 5.75 Å². The first-order valence-electron chi connectivity index (χ1n) is 7.92. The van der Waals surface area contributed by atoms with Crippen LogP contribution in [0, 0.1) is 6.92 Å². The quantitative estimate of drug-likeness (QED) is 0.738. The highest BCUT2D eigenvalue weighted by atomic mass is 79.9. The van der Waals surface area contributed by atoms with Crippen molar-refractivity contribution in [1.82, 2.24) is 4.90 Å². The zero-order valence-corrected chi connectivity index (χ0v) is 17.1. The average Bonchev–Trinajstić information content (AvgIpc) is 2.57. The predicted octanol–water partition coefficient (Wildman–Crippen LogP) is 4.06. The molecule has 2 rings (SSSR count). The number of aryl methyl sites for hydroxylation is 1. The number of rotatable bonds is 6. The number of methoxy groups -OCH3 is 1. The SMILES string of the molecule is COc1ccc(Cl)cc1CC(=O)N(C)CC(=O)Nc1ccc(Br)cc1C. The van der Waals surface area contributed by atoms with Gasteiger partial charge < -0.3 is 15.0 Å². The number of ether oxygens (including phenoxy) is 1. The molecule has 0 aliphatic rings. The van der Waals surface area contributed by atoms with Crippen LogP contribution in [0.4, 0.5) is 5.69 Å². The number of nitrogens with zero attached hydrogens (tertiary/aromatic N) is 1. The molecule has 0 unspecified atom stereocenters. The number of carbonyl (C=O) groups is 2. The molecular weight excluding hydrogens is 420 g/mol. The topological polar surface area (TPSA) is 58.6 Å². The highest BCUT2D eigenvalue weighted by Crippen LogP contribution is 2.23. The summed E-state index contributed by atoms with van der Waals surface area (Å²) in [6, 6.07) is 10.7. The Morgan fingerprint density at radius 2 is 1.96 bits per heavy atom. The van der Waals surface area contributed by atoms with Crippen molar-refractivity contribution in [1.29, 1.82) is 0 Å². The third-order valence-corrected chi connectivity index (χ3v) is 4.58. The van der Waals surface area contributed by atoms with E-state index in [-0.39, 0.29) is 24.8 Å². The van der Waals surface area contributed by atoms with Gasteiger partial charge in [0.15, 0.2) is 0 Å². The van der Waals surface area contributed by atoms with Crippen molar-refractivity contribution in [3.05, 3.63) is 57.0 Å². The Bertz CT molecular complexity index is 826. The summed E-state index contributed by atoms with van der Waals surface area (Å²) in [5.41, 5.74) is 2.34. The third-order valence-electron chi connectivity index (χ3n) is 3.85. The Morgan fingerprint density at radius 3 is 2.62 bits per heavy atom. The van der Waals surface area contributed by atoms with Gasteiger partial charge in [0.25, 0.3) is 0 Å². The van der Waals surface area contributed by atoms with Crippen molar-refractivity contribution in [2.45, 2.75) is 13.3 Å². The lowest BCUT2D eigenvalue weighted by Gasteiger charge is -2.18. The van der Waals surface area contributed by atoms with Crippen molar-refractivity contribution >= 4 is 45.0 Å². The van der Waals surface area contributed by atoms with E-state index in [1.54, 1.807) is 25.2 Å². The van der Waals surface area contributed by atoms with E-state index in [4.69, 9.17) is 16.3 Å². The lowest BCUT2D eigenvalue weighted by molar-refractivity contribution is -0.132. The monoisotopic (exact) mass is 438 g/mol. The summed E-state index contributed by atoms with van der Waals surface area (Å²) in [7, 11) is 3.13. The zero-order valence-electron chi connectivity index (χ0n) is 14.8. The van der Waals surface area contributed by atoms with Gasteiger partial charge in [-0.1, -0.05) is 27.5 Å². The molecule has 0 saturated heterocycles. The minimum absolute atomic E-state index is 0.0444. The smallest absolute Gasteiger partial charge is 0.243 e. The normalized spacial score (nSPS) is 10.3. The van der Waals surface area contributed by atoms with E-state index in [0.29, 0.717) is 16.3 Å². The van der Waals surface area contributed by atoms with Crippen LogP contribution in [0.25, 0.3) is 0 Å². The molecule has 1 N–H and O–H groups in total. The lowest BCUT2D eigenvalue weighted by Crippen LogP contribution is -2.36. The van der Waals surface area contributed by atoms with E-state index < -0.39 is 0 Å². The largest absolute Gasteiger partial charge is 0.496 e. The third kappa shape index (κ3) is 5.47. The number of hydrogen-bond acceptors (Lipinski definition) is 3. The summed E-state index contributed by atoms with van der Waals surface area (Å²) < 4.78 is 6.19. The molecule has 0 fully saturated rings. The van der Waals surface area contributed by atoms with E-state index in [1.165, 1.54) is 12.0 Å². The Kier molecular flexibility index (Phi) is 7.06. The van der Waals surface area contributed by atoms with Crippen molar-refractivity contribution in [2.75, 3.05) is 26.0 Å². The first kappa shape index (κ1) is 20.3. The van der Waals surface area contributed by atoms with Crippen molar-refractivity contribution in [3.63, 3.8) is 0 Å². The van der Waals surface area contributed by atoms with Crippen LogP contribution in [0.15, 0.2) is 40.9 Å². The summed E-state index contributed by atoms with van der Waals surface area (Å²) >= 11 is 9.37. The number of likely N-dealkylation sites (N-methyl/N-ethyl adjacent to an activating group) is 1. The molecule has 2 amide bonds. The fourth-order valence-corrected chi connectivity index (χ4v) is 3.11. The molecule has 7 heteroatoms. The van der Waals surface area contributed by atoms with Crippen LogP contribution in [0.2, 0.25) is 5.02 Å². The van der Waals surface area contributed by atoms with E-state index in [0.717, 1.165) is 15.7 Å². The van der Waals surface area contributed by atoms with Gasteiger partial charge in [0.1, 0.15) is 5.75 Å². The number of nitrogens with one attached hydrogen (secondary N) is 1. The maximum atomic E-state index is 12.4. The van der Waals surface area contributed by atoms with Gasteiger partial charge in [-0.25, -0.2) is 0 Å². The number of hydrogen-bond donors (Lipinski definition) is 1. The number of amides is 2. The van der Waals surface area contributed by atoms with Crippen LogP contribution < -0.4 is 10.1 Å². The fraction of sp³-hybridized carbons (Fsp3) is 0.263. The van der Waals surface area contributed by atoms with Gasteiger partial charge in [-0.3, -0.25) is 9.59 Å². The highest BCUT2D eigenvalue weighted by molar-refractivity contribution is 9.10. The second-order valence-electron chi connectivity index (χ2n) is 5.89. The van der Waals surface area contributed by atoms with Gasteiger partial charge in [0, 0.05) is 27.8 Å². The molecule has 0 aliphatic carbocycles. The molecule has 0 radical (unpaired) electrons. The Morgan fingerprint density at radius 1 is 1.23 bits per heavy atom. The van der Waals surface area contributed by atoms with Crippen LogP contribution in [0.3, 0.4) is 0 Å². The molecule has 0 saturated carbocycles. The first-order chi connectivity index (χ1) is 12.3. The van der Waals surface area contributed by atoms with E-state index in [9.17, 15) is 9.59 Å². The van der Waals surface area contributed by atoms with E-state index in [1.807, 2.05) is 25.1 Å². The summed E-state index contributed by atoms with van der Waals surface area (Å²) in [4.78, 5) is 26.0. The summed E-state index contributed by atoms with van der Waals surface area (Å²) in [6.45, 7) is 1.86. The van der Waals surface area contributed by atoms with Crippen molar-refractivity contribution < 1.29 is 14.3 Å². The Balaban J connectivity index is 1.98. The first-order valence-corrected chi connectivity index (χ1v) is 9.09. The van der Waals surface area contributed by atoms with Crippen molar-refractivity contribution in [2.24, 2.45) is 0 Å². The summed E-state index contributed by atoms with van der Waals surface area (Å²) in [6.07, 6.45) is 0.102. The van der Waals surface area contributed by atoms with Gasteiger partial charge in [-0.2, -0.15) is 0 Å². The second kappa shape index (κ2) is 9.05. The minimum atomic E-state index is -0.260. The molecule has 0 aliphatic heterocycles. The van der Waals surface area contributed by atoms with Gasteiger partial charge in [0.05, 0.1) is 20.1 Å². The second-order valence-corrected chi connectivity index (χ2v) is 7.24. The highest BCUT2D eigenvalue weighted by Gasteiger charge is 2.16. The molecule has 0 spiro atoms. The van der Waals surface area contributed by atoms with Crippen LogP contribution in [-0.4, -0.2) is 37.4 Å². The number of halogens is 2. The lowest BCUT2D eigenvalue weighted by atomic mass is 10.1. The molecule has 0 heterocycles. The molecule has 2 aromatic carbocycles. The maximum absolute atomic E-state index is 12.4. The van der Waals surface area contributed by atoms with Crippen LogP contribution in [0.5, 0.6) is 5.75 Å². The molecule has 2 aromatic rings. The molecule has 0 bridgehead atoms. The van der Waals surface area contributed by atoms with Gasteiger partial charge >= 0.3 is 0 Å². The van der Waals surface area contributed by atoms with Crippen LogP contribution in [-0.2, 0) is 16.0 Å². The number of anilines is 1. The Hall–Kier alpha value is -2.05. The summed E-state index contributed by atoms with van der Waals surface area (Å²) in [5.74, 6) is 0.128. The number of carbonyl (C=O) groups excluding carboxylic acids is 2. The van der Waals surface area contributed by atoms with Gasteiger partial charge in [-0.15, -0.1) is 0 Å². The summed E-state index contributed by atoms with van der Waals surface area (Å²) in [5, 5.41) is 3.35. The molecular formula is C19H20BrClN2O3. The molecule has 0 atom stereocenters. The Labute approximate surface area is 166 Å². The molecule has 138 valence electrons. The van der Waals surface area contributed by atoms with Gasteiger partial charge in [0.2, 0.25) is 11.8 Å². The standard InChI is InChI=1S/C19H20BrClN2O3/c1-12-8-14(20)4-6-16(12)22-18(24)11-23(2)19(25)10-13-9-15(21)5-7-17(13)26-3/h4-9H,10-11H2,1-3H3,(H,22,24). The maximum Gasteiger partial charge on any atom is 0.243 e. The zero-order chi connectivity index (χ0) is 19.3. The average molecular weight is 440 g/mol. The van der Waals surface area contributed by atoms with Crippen LogP contribution in [0.1, 0.15) is 11.1 Å². The molecule has 0 aromatic heterocycles.